The molecule has 1 saturated carbocycles. The van der Waals surface area contributed by atoms with Gasteiger partial charge in [-0.25, -0.2) is 0 Å². The van der Waals surface area contributed by atoms with Crippen molar-refractivity contribution in [3.05, 3.63) is 21.4 Å². The van der Waals surface area contributed by atoms with Crippen molar-refractivity contribution in [3.63, 3.8) is 0 Å². The highest BCUT2D eigenvalue weighted by molar-refractivity contribution is 7.12. The van der Waals surface area contributed by atoms with Gasteiger partial charge in [-0.3, -0.25) is 14.4 Å². The van der Waals surface area contributed by atoms with Crippen LogP contribution in [-0.2, 0) is 14.3 Å². The van der Waals surface area contributed by atoms with E-state index in [0.29, 0.717) is 5.56 Å². The maximum atomic E-state index is 12.2. The number of nitrogens with one attached hydrogen (secondary N) is 1. The van der Waals surface area contributed by atoms with Gasteiger partial charge in [0.25, 0.3) is 5.91 Å². The summed E-state index contributed by atoms with van der Waals surface area (Å²) in [5.74, 6) is -0.813. The number of carbonyl (C=O) groups is 3. The van der Waals surface area contributed by atoms with Gasteiger partial charge < -0.3 is 10.1 Å². The van der Waals surface area contributed by atoms with Crippen LogP contribution in [-0.4, -0.2) is 29.8 Å². The number of hydrogen-bond donors (Lipinski definition) is 1. The Kier molecular flexibility index (Phi) is 7.82. The fourth-order valence-electron chi connectivity index (χ4n) is 3.31. The van der Waals surface area contributed by atoms with Gasteiger partial charge in [0.05, 0.1) is 6.42 Å². The molecular weight excluding hydrogens is 350 g/mol. The summed E-state index contributed by atoms with van der Waals surface area (Å²) in [6.07, 6.45) is 5.93. The summed E-state index contributed by atoms with van der Waals surface area (Å²) in [4.78, 5) is 38.5. The Morgan fingerprint density at radius 3 is 2.38 bits per heavy atom. The third-order valence-corrected chi connectivity index (χ3v) is 5.74. The topological polar surface area (TPSA) is 72.5 Å². The predicted octanol–water partition coefficient (Wildman–Crippen LogP) is 4.10. The average molecular weight is 380 g/mol. The molecule has 1 N–H and O–H groups in total. The lowest BCUT2D eigenvalue weighted by molar-refractivity contribution is -0.155. The number of ketones is 1. The van der Waals surface area contributed by atoms with Crippen LogP contribution in [0.25, 0.3) is 0 Å². The molecule has 2 rings (SSSR count). The molecule has 1 amide bonds. The van der Waals surface area contributed by atoms with Crippen LogP contribution in [0, 0.1) is 13.8 Å². The van der Waals surface area contributed by atoms with E-state index in [1.807, 2.05) is 19.9 Å². The Morgan fingerprint density at radius 1 is 1.15 bits per heavy atom. The lowest BCUT2D eigenvalue weighted by Crippen LogP contribution is -2.41. The van der Waals surface area contributed by atoms with Gasteiger partial charge in [-0.15, -0.1) is 11.3 Å². The molecule has 0 aliphatic heterocycles. The van der Waals surface area contributed by atoms with Gasteiger partial charge in [-0.1, -0.05) is 25.7 Å². The molecule has 1 atom stereocenters. The van der Waals surface area contributed by atoms with E-state index in [-0.39, 0.29) is 30.6 Å². The summed E-state index contributed by atoms with van der Waals surface area (Å²) in [5.41, 5.74) is 0.680. The molecule has 1 aliphatic carbocycles. The van der Waals surface area contributed by atoms with Gasteiger partial charge in [-0.2, -0.15) is 0 Å². The zero-order valence-corrected chi connectivity index (χ0v) is 16.7. The van der Waals surface area contributed by atoms with E-state index in [2.05, 4.69) is 5.32 Å². The lowest BCUT2D eigenvalue weighted by Gasteiger charge is -2.19. The Bertz CT molecular complexity index is 644. The number of esters is 1. The molecule has 6 heteroatoms. The number of hydrogen-bond acceptors (Lipinski definition) is 5. The van der Waals surface area contributed by atoms with Gasteiger partial charge in [0.2, 0.25) is 0 Å². The van der Waals surface area contributed by atoms with E-state index in [9.17, 15) is 14.4 Å². The summed E-state index contributed by atoms with van der Waals surface area (Å²) in [7, 11) is 0. The van der Waals surface area contributed by atoms with E-state index < -0.39 is 12.1 Å². The maximum absolute atomic E-state index is 12.2. The van der Waals surface area contributed by atoms with Gasteiger partial charge in [0, 0.05) is 27.8 Å². The standard InChI is InChI=1S/C20H29NO4S/c1-13-12-17(15(3)26-13)18(22)10-11-19(23)25-14(2)20(24)21-16-8-6-4-5-7-9-16/h12,14,16H,4-11H2,1-3H3,(H,21,24)/t14-/m0/s1. The summed E-state index contributed by atoms with van der Waals surface area (Å²) >= 11 is 1.57. The molecule has 1 aromatic rings. The number of aryl methyl sites for hydroxylation is 2. The Morgan fingerprint density at radius 2 is 1.81 bits per heavy atom. The second-order valence-corrected chi connectivity index (χ2v) is 8.54. The number of carbonyl (C=O) groups excluding carboxylic acids is 3. The minimum Gasteiger partial charge on any atom is -0.453 e. The van der Waals surface area contributed by atoms with Crippen molar-refractivity contribution in [1.82, 2.24) is 5.32 Å². The van der Waals surface area contributed by atoms with Crippen LogP contribution in [0.2, 0.25) is 0 Å². The van der Waals surface area contributed by atoms with Crippen LogP contribution < -0.4 is 5.32 Å². The van der Waals surface area contributed by atoms with E-state index >= 15 is 0 Å². The molecule has 0 bridgehead atoms. The van der Waals surface area contributed by atoms with Crippen molar-refractivity contribution in [2.45, 2.75) is 84.3 Å². The minimum absolute atomic E-state index is 0.00574. The second kappa shape index (κ2) is 9.86. The van der Waals surface area contributed by atoms with Crippen molar-refractivity contribution < 1.29 is 19.1 Å². The molecule has 1 fully saturated rings. The first-order valence-corrected chi connectivity index (χ1v) is 10.3. The number of Topliss-reactive ketones (excluding diaryl/α,β-unsaturated/α-hetero) is 1. The molecule has 0 spiro atoms. The van der Waals surface area contributed by atoms with Crippen LogP contribution in [0.4, 0.5) is 0 Å². The van der Waals surface area contributed by atoms with Crippen LogP contribution >= 0.6 is 11.3 Å². The fourth-order valence-corrected chi connectivity index (χ4v) is 4.25. The first-order chi connectivity index (χ1) is 12.4. The smallest absolute Gasteiger partial charge is 0.307 e. The zero-order valence-electron chi connectivity index (χ0n) is 15.9. The van der Waals surface area contributed by atoms with Crippen LogP contribution in [0.1, 0.15) is 78.4 Å². The van der Waals surface area contributed by atoms with E-state index in [0.717, 1.165) is 35.4 Å². The largest absolute Gasteiger partial charge is 0.453 e. The maximum Gasteiger partial charge on any atom is 0.307 e. The van der Waals surface area contributed by atoms with Gasteiger partial charge in [-0.05, 0) is 39.7 Å². The number of thiophene rings is 1. The summed E-state index contributed by atoms with van der Waals surface area (Å²) in [6, 6.07) is 2.04. The Balaban J connectivity index is 1.74. The van der Waals surface area contributed by atoms with E-state index in [4.69, 9.17) is 4.74 Å². The third-order valence-electron chi connectivity index (χ3n) is 4.78. The van der Waals surface area contributed by atoms with E-state index in [1.54, 1.807) is 18.3 Å². The molecule has 26 heavy (non-hydrogen) atoms. The minimum atomic E-state index is -0.828. The SMILES string of the molecule is Cc1cc(C(=O)CCC(=O)O[C@@H](C)C(=O)NC2CCCCCC2)c(C)s1. The quantitative estimate of drug-likeness (QED) is 0.440. The van der Waals surface area contributed by atoms with Crippen molar-refractivity contribution in [1.29, 1.82) is 0 Å². The number of rotatable bonds is 7. The molecule has 0 radical (unpaired) electrons. The molecule has 0 saturated heterocycles. The van der Waals surface area contributed by atoms with Crippen molar-refractivity contribution >= 4 is 29.0 Å². The van der Waals surface area contributed by atoms with Crippen LogP contribution in [0.5, 0.6) is 0 Å². The lowest BCUT2D eigenvalue weighted by atomic mass is 10.1. The molecule has 1 aliphatic rings. The van der Waals surface area contributed by atoms with E-state index in [1.165, 1.54) is 12.8 Å². The van der Waals surface area contributed by atoms with Crippen molar-refractivity contribution in [3.8, 4) is 0 Å². The van der Waals surface area contributed by atoms with Gasteiger partial charge in [0.1, 0.15) is 0 Å². The fraction of sp³-hybridized carbons (Fsp3) is 0.650. The third kappa shape index (κ3) is 6.24. The van der Waals surface area contributed by atoms with Gasteiger partial charge in [0.15, 0.2) is 11.9 Å². The van der Waals surface area contributed by atoms with Crippen LogP contribution in [0.15, 0.2) is 6.07 Å². The molecular formula is C20H29NO4S. The molecule has 0 unspecified atom stereocenters. The predicted molar refractivity (Wildman–Crippen MR) is 103 cm³/mol. The first-order valence-electron chi connectivity index (χ1n) is 9.47. The Labute approximate surface area is 159 Å². The van der Waals surface area contributed by atoms with Crippen molar-refractivity contribution in [2.24, 2.45) is 0 Å². The summed E-state index contributed by atoms with van der Waals surface area (Å²) in [6.45, 7) is 5.44. The number of amides is 1. The first kappa shape index (κ1) is 20.6. The molecule has 0 aromatic carbocycles. The highest BCUT2D eigenvalue weighted by Crippen LogP contribution is 2.22. The highest BCUT2D eigenvalue weighted by Gasteiger charge is 2.22. The number of ether oxygens (including phenoxy) is 1. The molecule has 1 aromatic heterocycles. The zero-order chi connectivity index (χ0) is 19.1. The molecule has 144 valence electrons. The van der Waals surface area contributed by atoms with Gasteiger partial charge >= 0.3 is 5.97 Å². The Hall–Kier alpha value is -1.69. The van der Waals surface area contributed by atoms with Crippen LogP contribution in [0.3, 0.4) is 0 Å². The van der Waals surface area contributed by atoms with Crippen molar-refractivity contribution in [2.75, 3.05) is 0 Å². The normalized spacial score (nSPS) is 16.6. The highest BCUT2D eigenvalue weighted by atomic mass is 32.1. The summed E-state index contributed by atoms with van der Waals surface area (Å²) in [5, 5.41) is 2.98. The monoisotopic (exact) mass is 379 g/mol. The second-order valence-electron chi connectivity index (χ2n) is 7.08. The molecule has 5 nitrogen and oxygen atoms in total. The average Bonchev–Trinajstić information content (AvgIpc) is 2.77. The molecule has 1 heterocycles. The summed E-state index contributed by atoms with van der Waals surface area (Å²) < 4.78 is 5.21.